The second-order valence-electron chi connectivity index (χ2n) is 4.92. The molecule has 0 bridgehead atoms. The van der Waals surface area contributed by atoms with Crippen molar-refractivity contribution in [3.63, 3.8) is 0 Å². The fourth-order valence-corrected chi connectivity index (χ4v) is 1.76. The van der Waals surface area contributed by atoms with Crippen molar-refractivity contribution in [1.82, 2.24) is 10.6 Å². The van der Waals surface area contributed by atoms with E-state index in [1.807, 2.05) is 26.0 Å². The second kappa shape index (κ2) is 8.66. The molecular formula is C15H21N3O4. The Labute approximate surface area is 129 Å². The van der Waals surface area contributed by atoms with Gasteiger partial charge in [0.25, 0.3) is 0 Å². The number of carbonyl (C=O) groups is 3. The molecule has 4 N–H and O–H groups in total. The van der Waals surface area contributed by atoms with Gasteiger partial charge >= 0.3 is 12.0 Å². The molecule has 0 spiro atoms. The Morgan fingerprint density at radius 1 is 1.18 bits per heavy atom. The molecule has 7 heteroatoms. The summed E-state index contributed by atoms with van der Waals surface area (Å²) in [7, 11) is 0. The van der Waals surface area contributed by atoms with E-state index >= 15 is 0 Å². The van der Waals surface area contributed by atoms with Crippen molar-refractivity contribution < 1.29 is 19.5 Å². The van der Waals surface area contributed by atoms with E-state index in [-0.39, 0.29) is 6.54 Å². The number of nitrogens with one attached hydrogen (secondary N) is 3. The zero-order valence-electron chi connectivity index (χ0n) is 12.7. The van der Waals surface area contributed by atoms with Gasteiger partial charge in [0.2, 0.25) is 5.91 Å². The third-order valence-corrected chi connectivity index (χ3v) is 2.93. The van der Waals surface area contributed by atoms with Crippen molar-refractivity contribution in [3.8, 4) is 0 Å². The van der Waals surface area contributed by atoms with E-state index in [1.54, 1.807) is 12.1 Å². The number of urea groups is 1. The maximum absolute atomic E-state index is 11.6. The summed E-state index contributed by atoms with van der Waals surface area (Å²) in [5.74, 6) is -1.63. The third kappa shape index (κ3) is 6.25. The van der Waals surface area contributed by atoms with Gasteiger partial charge in [0.05, 0.1) is 6.54 Å². The van der Waals surface area contributed by atoms with E-state index < -0.39 is 23.9 Å². The van der Waals surface area contributed by atoms with Crippen LogP contribution >= 0.6 is 0 Å². The van der Waals surface area contributed by atoms with Crippen LogP contribution in [0.1, 0.15) is 25.3 Å². The van der Waals surface area contributed by atoms with Crippen molar-refractivity contribution in [2.24, 2.45) is 0 Å². The molecule has 1 rings (SSSR count). The van der Waals surface area contributed by atoms with Crippen molar-refractivity contribution in [1.29, 1.82) is 0 Å². The number of amides is 3. The molecule has 0 aliphatic heterocycles. The van der Waals surface area contributed by atoms with Gasteiger partial charge in [-0.25, -0.2) is 9.59 Å². The lowest BCUT2D eigenvalue weighted by Crippen LogP contribution is -2.46. The summed E-state index contributed by atoms with van der Waals surface area (Å²) in [5.41, 5.74) is 1.68. The normalized spacial score (nSPS) is 11.4. The predicted molar refractivity (Wildman–Crippen MR) is 82.7 cm³/mol. The van der Waals surface area contributed by atoms with Crippen molar-refractivity contribution in [2.45, 2.75) is 32.7 Å². The number of carboxylic acids is 1. The molecule has 0 saturated heterocycles. The largest absolute Gasteiger partial charge is 0.480 e. The highest BCUT2D eigenvalue weighted by Crippen LogP contribution is 2.07. The van der Waals surface area contributed by atoms with Gasteiger partial charge in [-0.1, -0.05) is 31.0 Å². The van der Waals surface area contributed by atoms with Crippen LogP contribution in [0.15, 0.2) is 24.3 Å². The zero-order chi connectivity index (χ0) is 16.5. The van der Waals surface area contributed by atoms with E-state index in [0.717, 1.165) is 5.56 Å². The molecule has 7 nitrogen and oxygen atoms in total. The highest BCUT2D eigenvalue weighted by molar-refractivity contribution is 5.93. The zero-order valence-corrected chi connectivity index (χ0v) is 12.7. The quantitative estimate of drug-likeness (QED) is 0.612. The Morgan fingerprint density at radius 2 is 1.82 bits per heavy atom. The van der Waals surface area contributed by atoms with Gasteiger partial charge in [-0.15, -0.1) is 0 Å². The maximum Gasteiger partial charge on any atom is 0.326 e. The molecule has 0 aromatic heterocycles. The number of aryl methyl sites for hydroxylation is 1. The van der Waals surface area contributed by atoms with E-state index in [1.165, 1.54) is 0 Å². The summed E-state index contributed by atoms with van der Waals surface area (Å²) in [4.78, 5) is 34.2. The summed E-state index contributed by atoms with van der Waals surface area (Å²) >= 11 is 0. The molecule has 1 atom stereocenters. The van der Waals surface area contributed by atoms with Gasteiger partial charge < -0.3 is 21.1 Å². The first-order valence-electron chi connectivity index (χ1n) is 7.06. The van der Waals surface area contributed by atoms with Gasteiger partial charge in [-0.2, -0.15) is 0 Å². The van der Waals surface area contributed by atoms with Crippen LogP contribution < -0.4 is 16.0 Å². The number of carboxylic acid groups (broad SMARTS) is 1. The fourth-order valence-electron chi connectivity index (χ4n) is 1.76. The molecule has 1 aromatic carbocycles. The Kier molecular flexibility index (Phi) is 6.88. The van der Waals surface area contributed by atoms with Crippen LogP contribution in [0.25, 0.3) is 0 Å². The van der Waals surface area contributed by atoms with Crippen molar-refractivity contribution in [3.05, 3.63) is 29.8 Å². The Bertz CT molecular complexity index is 528. The molecule has 0 aliphatic rings. The molecule has 0 saturated carbocycles. The van der Waals surface area contributed by atoms with Gasteiger partial charge in [0, 0.05) is 5.69 Å². The van der Waals surface area contributed by atoms with Crippen LogP contribution in [0.2, 0.25) is 0 Å². The highest BCUT2D eigenvalue weighted by Gasteiger charge is 2.18. The van der Waals surface area contributed by atoms with Gasteiger partial charge in [0.1, 0.15) is 6.04 Å². The number of anilines is 1. The molecular weight excluding hydrogens is 286 g/mol. The minimum absolute atomic E-state index is 0.287. The van der Waals surface area contributed by atoms with Crippen LogP contribution in [-0.4, -0.2) is 35.6 Å². The molecule has 22 heavy (non-hydrogen) atoms. The molecule has 0 unspecified atom stereocenters. The average Bonchev–Trinajstić information content (AvgIpc) is 2.47. The monoisotopic (exact) mass is 307 g/mol. The number of benzene rings is 1. The summed E-state index contributed by atoms with van der Waals surface area (Å²) in [6, 6.07) is 5.74. The van der Waals surface area contributed by atoms with Gasteiger partial charge in [-0.05, 0) is 25.5 Å². The minimum Gasteiger partial charge on any atom is -0.480 e. The van der Waals surface area contributed by atoms with E-state index in [9.17, 15) is 14.4 Å². The Morgan fingerprint density at radius 3 is 2.36 bits per heavy atom. The molecule has 3 amide bonds. The van der Waals surface area contributed by atoms with E-state index in [2.05, 4.69) is 16.0 Å². The smallest absolute Gasteiger partial charge is 0.326 e. The van der Waals surface area contributed by atoms with Crippen molar-refractivity contribution in [2.75, 3.05) is 11.9 Å². The summed E-state index contributed by atoms with van der Waals surface area (Å²) < 4.78 is 0. The van der Waals surface area contributed by atoms with E-state index in [4.69, 9.17) is 5.11 Å². The number of rotatable bonds is 7. The fraction of sp³-hybridized carbons (Fsp3) is 0.400. The Balaban J connectivity index is 2.38. The highest BCUT2D eigenvalue weighted by atomic mass is 16.4. The summed E-state index contributed by atoms with van der Waals surface area (Å²) in [6.45, 7) is 3.48. The molecule has 0 heterocycles. The molecule has 0 fully saturated rings. The second-order valence-corrected chi connectivity index (χ2v) is 4.92. The number of hydrogen-bond donors (Lipinski definition) is 4. The first-order chi connectivity index (χ1) is 10.4. The lowest BCUT2D eigenvalue weighted by molar-refractivity contribution is -0.141. The first-order valence-corrected chi connectivity index (χ1v) is 7.06. The molecule has 120 valence electrons. The maximum atomic E-state index is 11.6. The standard InChI is InChI=1S/C15H21N3O4/c1-3-4-12(14(20)21)18-13(19)9-16-15(22)17-11-7-5-10(2)6-8-11/h5-8,12H,3-4,9H2,1-2H3,(H,18,19)(H,20,21)(H2,16,17,22)/t12-/m0/s1. The van der Waals surface area contributed by atoms with E-state index in [0.29, 0.717) is 18.5 Å². The van der Waals surface area contributed by atoms with Gasteiger partial charge in [-0.3, -0.25) is 4.79 Å². The van der Waals surface area contributed by atoms with Crippen molar-refractivity contribution >= 4 is 23.6 Å². The molecule has 1 aromatic rings. The topological polar surface area (TPSA) is 108 Å². The van der Waals surface area contributed by atoms with Crippen LogP contribution in [0.4, 0.5) is 10.5 Å². The summed E-state index contributed by atoms with van der Waals surface area (Å²) in [5, 5.41) is 16.3. The van der Waals surface area contributed by atoms with Crippen LogP contribution in [-0.2, 0) is 9.59 Å². The summed E-state index contributed by atoms with van der Waals surface area (Å²) in [6.07, 6.45) is 0.981. The first kappa shape index (κ1) is 17.5. The Hall–Kier alpha value is -2.57. The van der Waals surface area contributed by atoms with Gasteiger partial charge in [0.15, 0.2) is 0 Å². The number of hydrogen-bond acceptors (Lipinski definition) is 3. The lowest BCUT2D eigenvalue weighted by Gasteiger charge is -2.14. The number of aliphatic carboxylic acids is 1. The average molecular weight is 307 g/mol. The molecule has 0 aliphatic carbocycles. The SMILES string of the molecule is CCC[C@H](NC(=O)CNC(=O)Nc1ccc(C)cc1)C(=O)O. The lowest BCUT2D eigenvalue weighted by atomic mass is 10.1. The number of carbonyl (C=O) groups excluding carboxylic acids is 2. The predicted octanol–water partition coefficient (Wildman–Crippen LogP) is 1.49. The van der Waals surface area contributed by atoms with Crippen LogP contribution in [0, 0.1) is 6.92 Å². The third-order valence-electron chi connectivity index (χ3n) is 2.93. The minimum atomic E-state index is -1.08. The van der Waals surface area contributed by atoms with Crippen LogP contribution in [0.3, 0.4) is 0 Å². The molecule has 0 radical (unpaired) electrons. The van der Waals surface area contributed by atoms with Crippen LogP contribution in [0.5, 0.6) is 0 Å².